The summed E-state index contributed by atoms with van der Waals surface area (Å²) in [5, 5.41) is 16.9. The molecular weight excluding hydrogens is 401 g/mol. The van der Waals surface area contributed by atoms with Gasteiger partial charge in [0, 0.05) is 18.5 Å². The molecule has 0 spiro atoms. The van der Waals surface area contributed by atoms with Crippen molar-refractivity contribution in [1.29, 1.82) is 0 Å². The van der Waals surface area contributed by atoms with Crippen molar-refractivity contribution < 1.29 is 5.11 Å². The summed E-state index contributed by atoms with van der Waals surface area (Å²) in [6.45, 7) is 4.31. The largest absolute Gasteiger partial charge is 0.388 e. The molecule has 0 saturated heterocycles. The second-order valence-corrected chi connectivity index (χ2v) is 6.77. The van der Waals surface area contributed by atoms with Gasteiger partial charge in [-0.1, -0.05) is 30.3 Å². The Kier molecular flexibility index (Phi) is 6.31. The van der Waals surface area contributed by atoms with E-state index in [2.05, 4.69) is 52.9 Å². The van der Waals surface area contributed by atoms with Gasteiger partial charge in [0.1, 0.15) is 0 Å². The highest BCUT2D eigenvalue weighted by Gasteiger charge is 2.44. The maximum absolute atomic E-state index is 10.2. The van der Waals surface area contributed by atoms with Crippen molar-refractivity contribution in [1.82, 2.24) is 10.6 Å². The van der Waals surface area contributed by atoms with E-state index in [1.54, 1.807) is 0 Å². The lowest BCUT2D eigenvalue weighted by molar-refractivity contribution is -0.0236. The Hall–Kier alpha value is -0.820. The molecular formula is C18H28IN3O. The number of aliphatic imine (C=N–C) groups is 1. The molecule has 5 heteroatoms. The van der Waals surface area contributed by atoms with Gasteiger partial charge < -0.3 is 15.7 Å². The molecule has 1 aromatic carbocycles. The van der Waals surface area contributed by atoms with Crippen LogP contribution in [0.5, 0.6) is 0 Å². The number of benzene rings is 1. The molecule has 0 atom stereocenters. The number of halogens is 1. The van der Waals surface area contributed by atoms with Crippen LogP contribution in [0.4, 0.5) is 0 Å². The van der Waals surface area contributed by atoms with Gasteiger partial charge in [-0.15, -0.1) is 24.0 Å². The van der Waals surface area contributed by atoms with E-state index in [9.17, 15) is 5.11 Å². The molecule has 3 N–H and O–H groups in total. The molecule has 23 heavy (non-hydrogen) atoms. The van der Waals surface area contributed by atoms with E-state index < -0.39 is 5.60 Å². The first kappa shape index (κ1) is 18.5. The summed E-state index contributed by atoms with van der Waals surface area (Å²) >= 11 is 0. The maximum Gasteiger partial charge on any atom is 0.191 e. The molecule has 128 valence electrons. The van der Waals surface area contributed by atoms with Crippen LogP contribution in [0.25, 0.3) is 0 Å². The van der Waals surface area contributed by atoms with E-state index in [4.69, 9.17) is 0 Å². The first-order valence-corrected chi connectivity index (χ1v) is 8.46. The standard InChI is InChI=1S/C18H27N3O.HI/c1-2-19-16(21-14-18(22)9-6-10-18)20-13-17(11-12-17)15-7-4-3-5-8-15;/h3-5,7-8,22H,2,6,9-14H2,1H3,(H2,19,20,21);1H. The molecule has 3 rings (SSSR count). The predicted octanol–water partition coefficient (Wildman–Crippen LogP) is 2.81. The van der Waals surface area contributed by atoms with E-state index in [1.807, 2.05) is 0 Å². The molecule has 0 bridgehead atoms. The Balaban J connectivity index is 0.00000192. The van der Waals surface area contributed by atoms with Crippen LogP contribution < -0.4 is 10.6 Å². The van der Waals surface area contributed by atoms with E-state index in [0.29, 0.717) is 6.54 Å². The third-order valence-electron chi connectivity index (χ3n) is 4.99. The fourth-order valence-corrected chi connectivity index (χ4v) is 3.07. The number of nitrogens with one attached hydrogen (secondary N) is 2. The molecule has 2 aliphatic rings. The SMILES string of the molecule is CCNC(=NCC1(O)CCC1)NCC1(c2ccccc2)CC1.I. The van der Waals surface area contributed by atoms with Gasteiger partial charge in [-0.05, 0) is 44.6 Å². The average molecular weight is 429 g/mol. The lowest BCUT2D eigenvalue weighted by Crippen LogP contribution is -2.44. The number of guanidine groups is 1. The summed E-state index contributed by atoms with van der Waals surface area (Å²) in [5.74, 6) is 0.824. The van der Waals surface area contributed by atoms with E-state index in [-0.39, 0.29) is 29.4 Å². The van der Waals surface area contributed by atoms with Crippen molar-refractivity contribution in [3.63, 3.8) is 0 Å². The summed E-state index contributed by atoms with van der Waals surface area (Å²) < 4.78 is 0. The van der Waals surface area contributed by atoms with Crippen LogP contribution in [0.1, 0.15) is 44.6 Å². The van der Waals surface area contributed by atoms with Crippen LogP contribution in [-0.4, -0.2) is 36.3 Å². The molecule has 2 fully saturated rings. The van der Waals surface area contributed by atoms with Crippen molar-refractivity contribution in [3.05, 3.63) is 35.9 Å². The summed E-state index contributed by atoms with van der Waals surface area (Å²) in [6.07, 6.45) is 5.33. The van der Waals surface area contributed by atoms with Crippen molar-refractivity contribution in [3.8, 4) is 0 Å². The van der Waals surface area contributed by atoms with Gasteiger partial charge in [0.05, 0.1) is 12.1 Å². The second kappa shape index (κ2) is 7.83. The molecule has 0 amide bonds. The van der Waals surface area contributed by atoms with Crippen LogP contribution in [0.2, 0.25) is 0 Å². The minimum Gasteiger partial charge on any atom is -0.388 e. The monoisotopic (exact) mass is 429 g/mol. The summed E-state index contributed by atoms with van der Waals surface area (Å²) in [5.41, 5.74) is 1.13. The average Bonchev–Trinajstić information content (AvgIpc) is 3.30. The number of rotatable bonds is 6. The Morgan fingerprint density at radius 3 is 2.35 bits per heavy atom. The zero-order chi connectivity index (χ0) is 15.5. The predicted molar refractivity (Wildman–Crippen MR) is 106 cm³/mol. The van der Waals surface area contributed by atoms with Gasteiger partial charge >= 0.3 is 0 Å². The van der Waals surface area contributed by atoms with E-state index in [0.717, 1.165) is 38.3 Å². The molecule has 0 unspecified atom stereocenters. The van der Waals surface area contributed by atoms with Crippen LogP contribution in [0.15, 0.2) is 35.3 Å². The van der Waals surface area contributed by atoms with Crippen LogP contribution in [-0.2, 0) is 5.41 Å². The molecule has 0 aliphatic heterocycles. The minimum absolute atomic E-state index is 0. The second-order valence-electron chi connectivity index (χ2n) is 6.77. The van der Waals surface area contributed by atoms with Crippen molar-refractivity contribution >= 4 is 29.9 Å². The van der Waals surface area contributed by atoms with Crippen molar-refractivity contribution in [2.75, 3.05) is 19.6 Å². The third kappa shape index (κ3) is 4.59. The normalized spacial score (nSPS) is 20.9. The van der Waals surface area contributed by atoms with Crippen molar-refractivity contribution in [2.45, 2.75) is 50.0 Å². The highest BCUT2D eigenvalue weighted by Crippen LogP contribution is 2.47. The third-order valence-corrected chi connectivity index (χ3v) is 4.99. The van der Waals surface area contributed by atoms with Gasteiger partial charge in [-0.25, -0.2) is 0 Å². The fraction of sp³-hybridized carbons (Fsp3) is 0.611. The topological polar surface area (TPSA) is 56.7 Å². The zero-order valence-corrected chi connectivity index (χ0v) is 16.2. The minimum atomic E-state index is -0.556. The zero-order valence-electron chi connectivity index (χ0n) is 13.8. The lowest BCUT2D eigenvalue weighted by Gasteiger charge is -2.35. The van der Waals surface area contributed by atoms with Crippen molar-refractivity contribution in [2.24, 2.45) is 4.99 Å². The number of hydrogen-bond acceptors (Lipinski definition) is 2. The highest BCUT2D eigenvalue weighted by atomic mass is 127. The molecule has 0 heterocycles. The molecule has 2 saturated carbocycles. The number of nitrogens with zero attached hydrogens (tertiary/aromatic N) is 1. The van der Waals surface area contributed by atoms with Crippen LogP contribution >= 0.6 is 24.0 Å². The van der Waals surface area contributed by atoms with Crippen LogP contribution in [0, 0.1) is 0 Å². The summed E-state index contributed by atoms with van der Waals surface area (Å²) in [6, 6.07) is 10.7. The first-order valence-electron chi connectivity index (χ1n) is 8.46. The molecule has 0 radical (unpaired) electrons. The summed E-state index contributed by atoms with van der Waals surface area (Å²) in [7, 11) is 0. The molecule has 0 aromatic heterocycles. The summed E-state index contributed by atoms with van der Waals surface area (Å²) in [4.78, 5) is 4.58. The Bertz CT molecular complexity index is 524. The maximum atomic E-state index is 10.2. The Labute approximate surface area is 156 Å². The van der Waals surface area contributed by atoms with Gasteiger partial charge in [-0.3, -0.25) is 4.99 Å². The molecule has 4 nitrogen and oxygen atoms in total. The number of hydrogen-bond donors (Lipinski definition) is 3. The first-order chi connectivity index (χ1) is 10.7. The number of aliphatic hydroxyl groups is 1. The van der Waals surface area contributed by atoms with E-state index >= 15 is 0 Å². The van der Waals surface area contributed by atoms with Gasteiger partial charge in [-0.2, -0.15) is 0 Å². The Morgan fingerprint density at radius 1 is 1.13 bits per heavy atom. The lowest BCUT2D eigenvalue weighted by atomic mass is 9.80. The fourth-order valence-electron chi connectivity index (χ4n) is 3.07. The molecule has 1 aromatic rings. The Morgan fingerprint density at radius 2 is 1.83 bits per heavy atom. The molecule has 2 aliphatic carbocycles. The smallest absolute Gasteiger partial charge is 0.191 e. The van der Waals surface area contributed by atoms with E-state index in [1.165, 1.54) is 18.4 Å². The van der Waals surface area contributed by atoms with Gasteiger partial charge in [0.15, 0.2) is 5.96 Å². The van der Waals surface area contributed by atoms with Gasteiger partial charge in [0.25, 0.3) is 0 Å². The van der Waals surface area contributed by atoms with Gasteiger partial charge in [0.2, 0.25) is 0 Å². The highest BCUT2D eigenvalue weighted by molar-refractivity contribution is 14.0. The van der Waals surface area contributed by atoms with Crippen LogP contribution in [0.3, 0.4) is 0 Å². The quantitative estimate of drug-likeness (QED) is 0.371.